The summed E-state index contributed by atoms with van der Waals surface area (Å²) in [5.74, 6) is 1.96. The van der Waals surface area contributed by atoms with E-state index >= 15 is 0 Å². The first-order chi connectivity index (χ1) is 14.1. The van der Waals surface area contributed by atoms with Gasteiger partial charge in [-0.25, -0.2) is 18.4 Å². The second kappa shape index (κ2) is 8.99. The first-order valence-corrected chi connectivity index (χ1v) is 13.0. The number of anilines is 1. The lowest BCUT2D eigenvalue weighted by Crippen LogP contribution is -2.45. The number of carbonyl (C=O) groups excluding carboxylic acids is 1. The van der Waals surface area contributed by atoms with Crippen LogP contribution in [0.1, 0.15) is 22.5 Å². The van der Waals surface area contributed by atoms with E-state index in [-0.39, 0.29) is 21.7 Å². The average Bonchev–Trinajstić information content (AvgIpc) is 3.27. The van der Waals surface area contributed by atoms with E-state index < -0.39 is 10.0 Å². The highest BCUT2D eigenvalue weighted by Gasteiger charge is 2.32. The van der Waals surface area contributed by atoms with E-state index in [9.17, 15) is 13.2 Å². The molecule has 2 fully saturated rings. The van der Waals surface area contributed by atoms with E-state index in [1.807, 2.05) is 0 Å². The van der Waals surface area contributed by atoms with Crippen LogP contribution in [0.5, 0.6) is 0 Å². The monoisotopic (exact) mass is 453 g/mol. The summed E-state index contributed by atoms with van der Waals surface area (Å²) in [5.41, 5.74) is 0. The van der Waals surface area contributed by atoms with Crippen LogP contribution < -0.4 is 10.2 Å². The van der Waals surface area contributed by atoms with Gasteiger partial charge in [0.1, 0.15) is 9.77 Å². The number of thioether (sulfide) groups is 1. The molecule has 0 spiro atoms. The molecule has 0 bridgehead atoms. The van der Waals surface area contributed by atoms with Gasteiger partial charge in [-0.1, -0.05) is 0 Å². The molecule has 0 aromatic carbocycles. The van der Waals surface area contributed by atoms with Crippen LogP contribution in [0.3, 0.4) is 0 Å². The lowest BCUT2D eigenvalue weighted by atomic mass is 10.1. The number of amides is 1. The van der Waals surface area contributed by atoms with E-state index in [1.165, 1.54) is 15.6 Å². The Hall–Kier alpha value is -1.69. The van der Waals surface area contributed by atoms with Crippen molar-refractivity contribution in [3.63, 3.8) is 0 Å². The van der Waals surface area contributed by atoms with Crippen LogP contribution in [0.25, 0.3) is 0 Å². The van der Waals surface area contributed by atoms with E-state index in [0.717, 1.165) is 37.4 Å². The smallest absolute Gasteiger partial charge is 0.262 e. The maximum absolute atomic E-state index is 13.0. The number of piperidine rings is 1. The molecule has 2 aliphatic heterocycles. The number of nitrogens with zero attached hydrogens (tertiary/aromatic N) is 4. The van der Waals surface area contributed by atoms with Crippen molar-refractivity contribution in [1.82, 2.24) is 19.6 Å². The molecule has 2 aromatic heterocycles. The summed E-state index contributed by atoms with van der Waals surface area (Å²) in [5, 5.41) is 4.70. The molecule has 29 heavy (non-hydrogen) atoms. The maximum atomic E-state index is 13.0. The van der Waals surface area contributed by atoms with E-state index in [4.69, 9.17) is 0 Å². The van der Waals surface area contributed by atoms with Crippen LogP contribution in [-0.2, 0) is 10.0 Å². The van der Waals surface area contributed by atoms with Gasteiger partial charge in [0.15, 0.2) is 0 Å². The van der Waals surface area contributed by atoms with Gasteiger partial charge in [-0.15, -0.1) is 11.3 Å². The molecule has 2 aliphatic rings. The van der Waals surface area contributed by atoms with Crippen molar-refractivity contribution < 1.29 is 13.2 Å². The number of rotatable bonds is 5. The summed E-state index contributed by atoms with van der Waals surface area (Å²) in [6, 6.07) is 3.34. The Morgan fingerprint density at radius 2 is 1.79 bits per heavy atom. The fourth-order valence-corrected chi connectivity index (χ4v) is 7.40. The summed E-state index contributed by atoms with van der Waals surface area (Å²) in [6.07, 6.45) is 4.97. The Morgan fingerprint density at radius 3 is 2.48 bits per heavy atom. The molecule has 4 rings (SSSR count). The molecule has 11 heteroatoms. The molecule has 8 nitrogen and oxygen atoms in total. The molecule has 0 aliphatic carbocycles. The number of carbonyl (C=O) groups is 1. The SMILES string of the molecule is O=C(NC1CCN(c2ncccn2)CC1)c1sccc1S(=O)(=O)N1CCSCC1. The van der Waals surface area contributed by atoms with Crippen molar-refractivity contribution in [3.05, 3.63) is 34.8 Å². The van der Waals surface area contributed by atoms with Crippen LogP contribution in [0.2, 0.25) is 0 Å². The van der Waals surface area contributed by atoms with Gasteiger partial charge in [0.2, 0.25) is 16.0 Å². The highest BCUT2D eigenvalue weighted by atomic mass is 32.2. The predicted octanol–water partition coefficient (Wildman–Crippen LogP) is 1.67. The second-order valence-corrected chi connectivity index (χ2v) is 11.0. The Morgan fingerprint density at radius 1 is 1.10 bits per heavy atom. The molecule has 4 heterocycles. The zero-order chi connectivity index (χ0) is 20.3. The van der Waals surface area contributed by atoms with Gasteiger partial charge in [-0.05, 0) is 30.4 Å². The Labute approximate surface area is 178 Å². The fraction of sp³-hybridized carbons (Fsp3) is 0.500. The molecule has 2 aromatic rings. The highest BCUT2D eigenvalue weighted by molar-refractivity contribution is 7.99. The summed E-state index contributed by atoms with van der Waals surface area (Å²) < 4.78 is 27.5. The molecule has 0 saturated carbocycles. The third-order valence-corrected chi connectivity index (χ3v) is 9.01. The maximum Gasteiger partial charge on any atom is 0.262 e. The highest BCUT2D eigenvalue weighted by Crippen LogP contribution is 2.27. The minimum atomic E-state index is -3.64. The molecule has 156 valence electrons. The van der Waals surface area contributed by atoms with Crippen molar-refractivity contribution in [2.24, 2.45) is 0 Å². The molecule has 0 atom stereocenters. The number of thiophene rings is 1. The average molecular weight is 454 g/mol. The normalized spacial score (nSPS) is 19.2. The molecule has 0 radical (unpaired) electrons. The molecule has 1 N–H and O–H groups in total. The van der Waals surface area contributed by atoms with E-state index in [2.05, 4.69) is 20.2 Å². The number of sulfonamides is 1. The third kappa shape index (κ3) is 4.57. The summed E-state index contributed by atoms with van der Waals surface area (Å²) in [4.78, 5) is 23.9. The summed E-state index contributed by atoms with van der Waals surface area (Å²) in [7, 11) is -3.64. The van der Waals surface area contributed by atoms with Crippen molar-refractivity contribution >= 4 is 45.0 Å². The molecular formula is C18H23N5O3S3. The summed E-state index contributed by atoms with van der Waals surface area (Å²) >= 11 is 2.93. The predicted molar refractivity (Wildman–Crippen MR) is 115 cm³/mol. The van der Waals surface area contributed by atoms with Gasteiger partial charge in [-0.2, -0.15) is 16.1 Å². The van der Waals surface area contributed by atoms with Gasteiger partial charge >= 0.3 is 0 Å². The van der Waals surface area contributed by atoms with Crippen LogP contribution in [-0.4, -0.2) is 72.3 Å². The number of aromatic nitrogens is 2. The van der Waals surface area contributed by atoms with Gasteiger partial charge in [0, 0.05) is 56.1 Å². The quantitative estimate of drug-likeness (QED) is 0.736. The zero-order valence-electron chi connectivity index (χ0n) is 15.9. The van der Waals surface area contributed by atoms with Crippen LogP contribution in [0.4, 0.5) is 5.95 Å². The first-order valence-electron chi connectivity index (χ1n) is 9.54. The van der Waals surface area contributed by atoms with Gasteiger partial charge in [0.05, 0.1) is 0 Å². The Bertz CT molecular complexity index is 937. The molecular weight excluding hydrogens is 430 g/mol. The Balaban J connectivity index is 1.40. The van der Waals surface area contributed by atoms with Gasteiger partial charge in [-0.3, -0.25) is 4.79 Å². The van der Waals surface area contributed by atoms with Gasteiger partial charge in [0.25, 0.3) is 5.91 Å². The summed E-state index contributed by atoms with van der Waals surface area (Å²) in [6.45, 7) is 2.47. The topological polar surface area (TPSA) is 95.5 Å². The number of hydrogen-bond acceptors (Lipinski definition) is 8. The minimum absolute atomic E-state index is 0.00602. The number of nitrogens with one attached hydrogen (secondary N) is 1. The first kappa shape index (κ1) is 20.6. The zero-order valence-corrected chi connectivity index (χ0v) is 18.3. The molecule has 2 saturated heterocycles. The van der Waals surface area contributed by atoms with Crippen molar-refractivity contribution in [1.29, 1.82) is 0 Å². The van der Waals surface area contributed by atoms with Crippen molar-refractivity contribution in [2.45, 2.75) is 23.8 Å². The lowest BCUT2D eigenvalue weighted by molar-refractivity contribution is 0.0932. The van der Waals surface area contributed by atoms with Crippen molar-refractivity contribution in [3.8, 4) is 0 Å². The van der Waals surface area contributed by atoms with E-state index in [1.54, 1.807) is 41.7 Å². The fourth-order valence-electron chi connectivity index (χ4n) is 3.52. The molecule has 0 unspecified atom stereocenters. The lowest BCUT2D eigenvalue weighted by Gasteiger charge is -2.32. The van der Waals surface area contributed by atoms with Crippen molar-refractivity contribution in [2.75, 3.05) is 42.6 Å². The van der Waals surface area contributed by atoms with Gasteiger partial charge < -0.3 is 10.2 Å². The van der Waals surface area contributed by atoms with Crippen LogP contribution in [0.15, 0.2) is 34.8 Å². The Kier molecular flexibility index (Phi) is 6.38. The molecule has 1 amide bonds. The largest absolute Gasteiger partial charge is 0.348 e. The minimum Gasteiger partial charge on any atom is -0.348 e. The number of hydrogen-bond donors (Lipinski definition) is 1. The third-order valence-electron chi connectivity index (χ3n) is 5.09. The van der Waals surface area contributed by atoms with E-state index in [0.29, 0.717) is 19.0 Å². The second-order valence-electron chi connectivity index (χ2n) is 6.91. The van der Waals surface area contributed by atoms with Crippen LogP contribution >= 0.6 is 23.1 Å². The standard InChI is InChI=1S/C18H23N5O3S3/c24-17(21-14-2-7-22(8-3-14)18-19-5-1-6-20-18)16-15(4-11-28-16)29(25,26)23-9-12-27-13-10-23/h1,4-6,11,14H,2-3,7-10,12-13H2,(H,21,24). The van der Waals surface area contributed by atoms with Crippen LogP contribution in [0, 0.1) is 0 Å².